The number of halogens is 3. The van der Waals surface area contributed by atoms with Crippen LogP contribution in [-0.2, 0) is 9.73 Å². The molecule has 0 spiro atoms. The summed E-state index contributed by atoms with van der Waals surface area (Å²) in [6, 6.07) is 1.40. The Morgan fingerprint density at radius 2 is 1.57 bits per heavy atom. The van der Waals surface area contributed by atoms with Gasteiger partial charge in [-0.05, 0) is 0 Å². The lowest BCUT2D eigenvalue weighted by molar-refractivity contribution is 0.447. The van der Waals surface area contributed by atoms with Crippen molar-refractivity contribution < 1.29 is 17.4 Å². The molecule has 0 N–H and O–H groups in total. The number of hydrogen-bond acceptors (Lipinski definition) is 2. The van der Waals surface area contributed by atoms with Crippen molar-refractivity contribution in [1.29, 1.82) is 0 Å². The van der Waals surface area contributed by atoms with Crippen molar-refractivity contribution in [2.75, 3.05) is 12.5 Å². The Bertz CT molecular complexity index is 446. The van der Waals surface area contributed by atoms with Crippen molar-refractivity contribution >= 4 is 15.4 Å². The van der Waals surface area contributed by atoms with Crippen LogP contribution in [-0.4, -0.2) is 16.7 Å². The molecule has 0 saturated carbocycles. The molecule has 0 aliphatic rings. The van der Waals surface area contributed by atoms with E-state index in [1.54, 1.807) is 0 Å². The van der Waals surface area contributed by atoms with Gasteiger partial charge in [0, 0.05) is 34.4 Å². The lowest BCUT2D eigenvalue weighted by Crippen LogP contribution is -1.92. The van der Waals surface area contributed by atoms with Crippen LogP contribution in [0, 0.1) is 17.5 Å². The fourth-order valence-corrected chi connectivity index (χ4v) is 1.46. The molecule has 0 radical (unpaired) electrons. The van der Waals surface area contributed by atoms with E-state index in [0.29, 0.717) is 12.1 Å². The highest BCUT2D eigenvalue weighted by atomic mass is 32.2. The molecule has 0 aliphatic carbocycles. The van der Waals surface area contributed by atoms with Gasteiger partial charge in [0.1, 0.15) is 0 Å². The van der Waals surface area contributed by atoms with E-state index in [-0.39, 0.29) is 5.69 Å². The van der Waals surface area contributed by atoms with Crippen molar-refractivity contribution in [2.24, 2.45) is 4.36 Å². The molecule has 1 rings (SSSR count). The minimum atomic E-state index is -2.50. The van der Waals surface area contributed by atoms with E-state index in [9.17, 15) is 17.4 Å². The second-order valence-electron chi connectivity index (χ2n) is 3.00. The predicted molar refractivity (Wildman–Crippen MR) is 48.4 cm³/mol. The van der Waals surface area contributed by atoms with Gasteiger partial charge in [-0.1, -0.05) is 0 Å². The van der Waals surface area contributed by atoms with E-state index in [0.717, 1.165) is 0 Å². The summed E-state index contributed by atoms with van der Waals surface area (Å²) in [5.41, 5.74) is -0.170. The van der Waals surface area contributed by atoms with Gasteiger partial charge in [-0.15, -0.1) is 0 Å². The summed E-state index contributed by atoms with van der Waals surface area (Å²) in [5.74, 6) is -4.23. The van der Waals surface area contributed by atoms with Crippen molar-refractivity contribution in [3.8, 4) is 0 Å². The fourth-order valence-electron chi connectivity index (χ4n) is 0.849. The number of rotatable bonds is 1. The Morgan fingerprint density at radius 3 is 1.93 bits per heavy atom. The van der Waals surface area contributed by atoms with Gasteiger partial charge in [0.15, 0.2) is 17.5 Å². The maximum absolute atomic E-state index is 12.6. The molecule has 0 aromatic heterocycles. The molecule has 1 aromatic carbocycles. The monoisotopic (exact) mass is 223 g/mol. The van der Waals surface area contributed by atoms with Gasteiger partial charge in [-0.25, -0.2) is 17.4 Å². The van der Waals surface area contributed by atoms with Crippen LogP contribution in [0.2, 0.25) is 0 Å². The van der Waals surface area contributed by atoms with E-state index >= 15 is 0 Å². The third kappa shape index (κ3) is 2.73. The van der Waals surface area contributed by atoms with E-state index in [1.807, 2.05) is 0 Å². The van der Waals surface area contributed by atoms with Crippen molar-refractivity contribution in [2.45, 2.75) is 0 Å². The molecular weight excluding hydrogens is 215 g/mol. The zero-order valence-corrected chi connectivity index (χ0v) is 8.37. The Balaban J connectivity index is 3.35. The van der Waals surface area contributed by atoms with Crippen molar-refractivity contribution in [3.05, 3.63) is 29.6 Å². The van der Waals surface area contributed by atoms with Gasteiger partial charge in [-0.3, -0.25) is 0 Å². The van der Waals surface area contributed by atoms with Crippen molar-refractivity contribution in [1.82, 2.24) is 0 Å². The van der Waals surface area contributed by atoms with Gasteiger partial charge in [0.05, 0.1) is 5.69 Å². The quantitative estimate of drug-likeness (QED) is 0.672. The van der Waals surface area contributed by atoms with E-state index in [2.05, 4.69) is 4.36 Å². The van der Waals surface area contributed by atoms with Gasteiger partial charge in [0.2, 0.25) is 0 Å². The lowest BCUT2D eigenvalue weighted by atomic mass is 10.3. The summed E-state index contributed by atoms with van der Waals surface area (Å²) < 4.78 is 52.5. The highest BCUT2D eigenvalue weighted by molar-refractivity contribution is 7.92. The minimum absolute atomic E-state index is 0.170. The van der Waals surface area contributed by atoms with E-state index in [4.69, 9.17) is 0 Å². The molecule has 0 bridgehead atoms. The normalized spacial score (nSPS) is 11.5. The molecule has 0 amide bonds. The maximum Gasteiger partial charge on any atom is 0.194 e. The largest absolute Gasteiger partial charge is 0.250 e. The lowest BCUT2D eigenvalue weighted by Gasteiger charge is -1.99. The number of nitrogens with zero attached hydrogens (tertiary/aromatic N) is 1. The van der Waals surface area contributed by atoms with Crippen LogP contribution >= 0.6 is 0 Å². The van der Waals surface area contributed by atoms with Gasteiger partial charge in [-0.2, -0.15) is 4.36 Å². The highest BCUT2D eigenvalue weighted by Gasteiger charge is 2.10. The molecule has 0 aliphatic heterocycles. The SMILES string of the molecule is CS(C)(=O)=Nc1cc(F)c(F)c(F)c1. The summed E-state index contributed by atoms with van der Waals surface area (Å²) in [4.78, 5) is 0. The Hall–Kier alpha value is -1.04. The molecule has 0 fully saturated rings. The van der Waals surface area contributed by atoms with Crippen LogP contribution < -0.4 is 0 Å². The molecule has 0 heterocycles. The topological polar surface area (TPSA) is 29.4 Å². The standard InChI is InChI=1S/C8H8F3NOS/c1-14(2,13)12-5-3-6(9)8(11)7(10)4-5/h3-4H,1-2H3. The van der Waals surface area contributed by atoms with E-state index in [1.165, 1.54) is 12.5 Å². The zero-order valence-electron chi connectivity index (χ0n) is 7.55. The van der Waals surface area contributed by atoms with Crippen LogP contribution in [0.15, 0.2) is 16.5 Å². The number of hydrogen-bond donors (Lipinski definition) is 0. The van der Waals surface area contributed by atoms with E-state index < -0.39 is 27.2 Å². The second kappa shape index (κ2) is 3.61. The third-order valence-electron chi connectivity index (χ3n) is 1.29. The summed E-state index contributed by atoms with van der Waals surface area (Å²) in [6.45, 7) is 0. The molecule has 0 atom stereocenters. The molecule has 6 heteroatoms. The van der Waals surface area contributed by atoms with Crippen LogP contribution in [0.5, 0.6) is 0 Å². The van der Waals surface area contributed by atoms with Gasteiger partial charge >= 0.3 is 0 Å². The van der Waals surface area contributed by atoms with Crippen LogP contribution in [0.3, 0.4) is 0 Å². The predicted octanol–water partition coefficient (Wildman–Crippen LogP) is 2.46. The Labute approximate surface area is 79.9 Å². The summed E-state index contributed by atoms with van der Waals surface area (Å²) in [7, 11) is -2.50. The second-order valence-corrected chi connectivity index (χ2v) is 5.54. The molecule has 2 nitrogen and oxygen atoms in total. The first kappa shape index (κ1) is 11.0. The van der Waals surface area contributed by atoms with Crippen LogP contribution in [0.1, 0.15) is 0 Å². The highest BCUT2D eigenvalue weighted by Crippen LogP contribution is 2.20. The first-order valence-corrected chi connectivity index (χ1v) is 5.94. The Kier molecular flexibility index (Phi) is 2.84. The average Bonchev–Trinajstić information content (AvgIpc) is 1.96. The molecular formula is C8H8F3NOS. The van der Waals surface area contributed by atoms with Crippen LogP contribution in [0.25, 0.3) is 0 Å². The molecule has 0 saturated heterocycles. The summed E-state index contributed by atoms with van der Waals surface area (Å²) >= 11 is 0. The van der Waals surface area contributed by atoms with Gasteiger partial charge in [0.25, 0.3) is 0 Å². The minimum Gasteiger partial charge on any atom is -0.250 e. The van der Waals surface area contributed by atoms with Gasteiger partial charge < -0.3 is 0 Å². The molecule has 14 heavy (non-hydrogen) atoms. The molecule has 1 aromatic rings. The summed E-state index contributed by atoms with van der Waals surface area (Å²) in [5, 5.41) is 0. The smallest absolute Gasteiger partial charge is 0.194 e. The van der Waals surface area contributed by atoms with Crippen molar-refractivity contribution in [3.63, 3.8) is 0 Å². The number of benzene rings is 1. The zero-order chi connectivity index (χ0) is 10.9. The first-order chi connectivity index (χ1) is 6.29. The molecule has 78 valence electrons. The summed E-state index contributed by atoms with van der Waals surface area (Å²) in [6.07, 6.45) is 2.62. The molecule has 0 unspecified atom stereocenters. The third-order valence-corrected chi connectivity index (χ3v) is 1.94. The fraction of sp³-hybridized carbons (Fsp3) is 0.250. The first-order valence-electron chi connectivity index (χ1n) is 3.61. The maximum atomic E-state index is 12.6. The van der Waals surface area contributed by atoms with Crippen LogP contribution in [0.4, 0.5) is 18.9 Å². The Morgan fingerprint density at radius 1 is 1.14 bits per heavy atom. The average molecular weight is 223 g/mol.